The number of carbonyl (C=O) groups is 1. The van der Waals surface area contributed by atoms with E-state index in [1.165, 1.54) is 0 Å². The number of nitrogens with zero attached hydrogens (tertiary/aromatic N) is 3. The van der Waals surface area contributed by atoms with Gasteiger partial charge in [-0.2, -0.15) is 0 Å². The summed E-state index contributed by atoms with van der Waals surface area (Å²) in [6.45, 7) is 13.2. The third-order valence-corrected chi connectivity index (χ3v) is 5.93. The summed E-state index contributed by atoms with van der Waals surface area (Å²) < 4.78 is 11.8. The predicted molar refractivity (Wildman–Crippen MR) is 125 cm³/mol. The molecule has 1 aromatic carbocycles. The molecule has 1 aromatic heterocycles. The lowest BCUT2D eigenvalue weighted by molar-refractivity contribution is -0.0228. The van der Waals surface area contributed by atoms with Gasteiger partial charge < -0.3 is 25.0 Å². The number of aromatic nitrogens is 2. The van der Waals surface area contributed by atoms with Gasteiger partial charge in [-0.1, -0.05) is 6.08 Å². The van der Waals surface area contributed by atoms with E-state index >= 15 is 0 Å². The summed E-state index contributed by atoms with van der Waals surface area (Å²) >= 11 is 0. The molecule has 0 radical (unpaired) electrons. The van der Waals surface area contributed by atoms with Gasteiger partial charge >= 0.3 is 6.03 Å². The molecule has 0 saturated carbocycles. The summed E-state index contributed by atoms with van der Waals surface area (Å²) in [5, 5.41) is 5.54. The van der Waals surface area contributed by atoms with Crippen LogP contribution >= 0.6 is 0 Å². The Hall–Kier alpha value is -2.97. The first-order valence-electron chi connectivity index (χ1n) is 11.1. The van der Waals surface area contributed by atoms with Crippen LogP contribution in [0.3, 0.4) is 0 Å². The molecule has 2 N–H and O–H groups in total. The molecular weight excluding hydrogens is 406 g/mol. The molecule has 8 nitrogen and oxygen atoms in total. The fourth-order valence-electron chi connectivity index (χ4n) is 4.22. The summed E-state index contributed by atoms with van der Waals surface area (Å²) in [4.78, 5) is 24.0. The number of morpholine rings is 1. The van der Waals surface area contributed by atoms with E-state index in [0.717, 1.165) is 29.2 Å². The monoisotopic (exact) mass is 437 g/mol. The molecule has 0 unspecified atom stereocenters. The molecule has 4 rings (SSSR count). The maximum absolute atomic E-state index is 11.8. The van der Waals surface area contributed by atoms with Crippen molar-refractivity contribution < 1.29 is 14.3 Å². The van der Waals surface area contributed by atoms with E-state index in [4.69, 9.17) is 19.4 Å². The Bertz CT molecular complexity index is 994. The van der Waals surface area contributed by atoms with Crippen molar-refractivity contribution in [2.24, 2.45) is 0 Å². The number of rotatable bonds is 6. The third kappa shape index (κ3) is 4.33. The van der Waals surface area contributed by atoms with E-state index in [-0.39, 0.29) is 12.1 Å². The van der Waals surface area contributed by atoms with E-state index < -0.39 is 5.60 Å². The number of benzene rings is 1. The second-order valence-corrected chi connectivity index (χ2v) is 8.39. The lowest BCUT2D eigenvalue weighted by Crippen LogP contribution is -2.44. The summed E-state index contributed by atoms with van der Waals surface area (Å²) in [6, 6.07) is 7.56. The number of urea groups is 1. The van der Waals surface area contributed by atoms with Crippen LogP contribution in [0.5, 0.6) is 0 Å². The minimum atomic E-state index is -0.529. The lowest BCUT2D eigenvalue weighted by atomic mass is 9.96. The van der Waals surface area contributed by atoms with Gasteiger partial charge in [-0.25, -0.2) is 14.8 Å². The number of anilines is 2. The molecule has 2 amide bonds. The Kier molecular flexibility index (Phi) is 6.43. The van der Waals surface area contributed by atoms with Gasteiger partial charge in [-0.15, -0.1) is 6.58 Å². The highest BCUT2D eigenvalue weighted by Crippen LogP contribution is 2.43. The molecule has 1 saturated heterocycles. The Morgan fingerprint density at radius 2 is 2.12 bits per heavy atom. The molecule has 0 spiro atoms. The zero-order chi connectivity index (χ0) is 22.7. The number of hydrogen-bond donors (Lipinski definition) is 2. The molecule has 0 aliphatic carbocycles. The highest BCUT2D eigenvalue weighted by atomic mass is 16.5. The van der Waals surface area contributed by atoms with Crippen molar-refractivity contribution >= 4 is 17.5 Å². The van der Waals surface area contributed by atoms with E-state index in [1.54, 1.807) is 0 Å². The van der Waals surface area contributed by atoms with E-state index in [2.05, 4.69) is 36.0 Å². The first-order chi connectivity index (χ1) is 15.4. The first-order valence-corrected chi connectivity index (χ1v) is 11.1. The predicted octanol–water partition coefficient (Wildman–Crippen LogP) is 3.83. The molecule has 8 heteroatoms. The molecule has 32 heavy (non-hydrogen) atoms. The molecule has 2 atom stereocenters. The number of hydrogen-bond acceptors (Lipinski definition) is 6. The quantitative estimate of drug-likeness (QED) is 0.668. The van der Waals surface area contributed by atoms with Crippen molar-refractivity contribution in [2.45, 2.75) is 45.4 Å². The average Bonchev–Trinajstić information content (AvgIpc) is 3.11. The average molecular weight is 438 g/mol. The second kappa shape index (κ2) is 9.26. The van der Waals surface area contributed by atoms with Crippen molar-refractivity contribution in [1.82, 2.24) is 15.3 Å². The molecule has 1 fully saturated rings. The van der Waals surface area contributed by atoms with Gasteiger partial charge in [0.05, 0.1) is 31.6 Å². The van der Waals surface area contributed by atoms with Gasteiger partial charge in [0.1, 0.15) is 11.4 Å². The molecular formula is C24H31N5O3. The van der Waals surface area contributed by atoms with Crippen LogP contribution in [0, 0.1) is 0 Å². The fourth-order valence-corrected chi connectivity index (χ4v) is 4.22. The molecule has 0 bridgehead atoms. The zero-order valence-electron chi connectivity index (χ0n) is 19.0. The second-order valence-electron chi connectivity index (χ2n) is 8.39. The third-order valence-electron chi connectivity index (χ3n) is 5.93. The number of amides is 2. The van der Waals surface area contributed by atoms with Gasteiger partial charge in [-0.05, 0) is 51.5 Å². The van der Waals surface area contributed by atoms with Crippen molar-refractivity contribution in [3.8, 4) is 11.4 Å². The van der Waals surface area contributed by atoms with Crippen LogP contribution < -0.4 is 15.5 Å². The smallest absolute Gasteiger partial charge is 0.319 e. The SMILES string of the molecule is C=CC[C@@]1(C)OCc2c(N3CCOC[C@@H]3C)nc(-c3ccc(NC(=O)NCC)cc3)nc21. The Labute approximate surface area is 189 Å². The van der Waals surface area contributed by atoms with E-state index in [0.29, 0.717) is 44.3 Å². The summed E-state index contributed by atoms with van der Waals surface area (Å²) in [6.07, 6.45) is 2.54. The van der Waals surface area contributed by atoms with Crippen LogP contribution in [0.2, 0.25) is 0 Å². The molecule has 2 aromatic rings. The highest BCUT2D eigenvalue weighted by Gasteiger charge is 2.40. The van der Waals surface area contributed by atoms with Crippen LogP contribution in [0.1, 0.15) is 38.4 Å². The number of fused-ring (bicyclic) bond motifs is 1. The standard InChI is InChI=1S/C24H31N5O3/c1-5-11-24(4)20-19(15-32-24)22(29-12-13-31-14-16(29)3)28-21(27-20)17-7-9-18(10-8-17)26-23(30)25-6-2/h5,7-10,16H,1,6,11-15H2,2-4H3,(H2,25,26,30)/t16-,24+/m0/s1. The maximum atomic E-state index is 11.8. The maximum Gasteiger partial charge on any atom is 0.319 e. The molecule has 3 heterocycles. The number of nitrogens with one attached hydrogen (secondary N) is 2. The van der Waals surface area contributed by atoms with Gasteiger partial charge in [0, 0.05) is 29.9 Å². The summed E-state index contributed by atoms with van der Waals surface area (Å²) in [5.41, 5.74) is 3.02. The van der Waals surface area contributed by atoms with Gasteiger partial charge in [0.15, 0.2) is 5.82 Å². The van der Waals surface area contributed by atoms with Crippen LogP contribution in [-0.4, -0.2) is 48.3 Å². The normalized spacial score (nSPS) is 22.3. The zero-order valence-corrected chi connectivity index (χ0v) is 19.0. The highest BCUT2D eigenvalue weighted by molar-refractivity contribution is 5.89. The number of carbonyl (C=O) groups excluding carboxylic acids is 1. The van der Waals surface area contributed by atoms with Crippen LogP contribution in [0.4, 0.5) is 16.3 Å². The fraction of sp³-hybridized carbons (Fsp3) is 0.458. The topological polar surface area (TPSA) is 88.6 Å². The number of ether oxygens (including phenoxy) is 2. The minimum absolute atomic E-state index is 0.213. The molecule has 170 valence electrons. The summed E-state index contributed by atoms with van der Waals surface area (Å²) in [7, 11) is 0. The Morgan fingerprint density at radius 1 is 1.34 bits per heavy atom. The minimum Gasteiger partial charge on any atom is -0.377 e. The van der Waals surface area contributed by atoms with Crippen molar-refractivity contribution in [2.75, 3.05) is 36.5 Å². The van der Waals surface area contributed by atoms with Gasteiger partial charge in [0.2, 0.25) is 0 Å². The first kappa shape index (κ1) is 22.2. The van der Waals surface area contributed by atoms with Crippen LogP contribution in [0.25, 0.3) is 11.4 Å². The van der Waals surface area contributed by atoms with Crippen molar-refractivity contribution in [3.63, 3.8) is 0 Å². The van der Waals surface area contributed by atoms with E-state index in [9.17, 15) is 4.79 Å². The largest absolute Gasteiger partial charge is 0.377 e. The van der Waals surface area contributed by atoms with E-state index in [1.807, 2.05) is 37.3 Å². The molecule has 2 aliphatic heterocycles. The van der Waals surface area contributed by atoms with Crippen molar-refractivity contribution in [1.29, 1.82) is 0 Å². The van der Waals surface area contributed by atoms with Crippen LogP contribution in [-0.2, 0) is 21.7 Å². The Morgan fingerprint density at radius 3 is 2.81 bits per heavy atom. The van der Waals surface area contributed by atoms with Crippen LogP contribution in [0.15, 0.2) is 36.9 Å². The van der Waals surface area contributed by atoms with Gasteiger partial charge in [0.25, 0.3) is 0 Å². The molecule has 2 aliphatic rings. The lowest BCUT2D eigenvalue weighted by Gasteiger charge is -2.35. The van der Waals surface area contributed by atoms with Gasteiger partial charge in [-0.3, -0.25) is 0 Å². The Balaban J connectivity index is 1.73. The van der Waals surface area contributed by atoms with Crippen molar-refractivity contribution in [3.05, 3.63) is 48.2 Å². The summed E-state index contributed by atoms with van der Waals surface area (Å²) in [5.74, 6) is 1.56.